The van der Waals surface area contributed by atoms with Crippen LogP contribution in [0.5, 0.6) is 0 Å². The summed E-state index contributed by atoms with van der Waals surface area (Å²) < 4.78 is 0. The molecule has 2 aromatic rings. The van der Waals surface area contributed by atoms with Gasteiger partial charge in [-0.05, 0) is 103 Å². The molecule has 2 atom stereocenters. The lowest BCUT2D eigenvalue weighted by molar-refractivity contribution is 0.407. The van der Waals surface area contributed by atoms with Crippen LogP contribution in [0, 0.1) is 11.8 Å². The van der Waals surface area contributed by atoms with Crippen LogP contribution in [0.15, 0.2) is 36.4 Å². The van der Waals surface area contributed by atoms with E-state index in [0.717, 1.165) is 16.9 Å². The lowest BCUT2D eigenvalue weighted by atomic mass is 9.73. The van der Waals surface area contributed by atoms with Crippen molar-refractivity contribution >= 4 is 11.6 Å². The highest BCUT2D eigenvalue weighted by molar-refractivity contribution is 6.30. The Bertz CT molecular complexity index is 743. The quantitative estimate of drug-likeness (QED) is 0.535. The van der Waals surface area contributed by atoms with Crippen molar-refractivity contribution in [2.45, 2.75) is 71.1 Å². The van der Waals surface area contributed by atoms with E-state index in [0.29, 0.717) is 0 Å². The molecule has 4 rings (SSSR count). The van der Waals surface area contributed by atoms with E-state index in [1.54, 1.807) is 22.3 Å². The fourth-order valence-electron chi connectivity index (χ4n) is 5.24. The van der Waals surface area contributed by atoms with Crippen molar-refractivity contribution in [1.82, 2.24) is 0 Å². The Labute approximate surface area is 164 Å². The molecular weight excluding hydrogens is 336 g/mol. The average molecular weight is 367 g/mol. The average Bonchev–Trinajstić information content (AvgIpc) is 2.67. The first-order chi connectivity index (χ1) is 12.7. The highest BCUT2D eigenvalue weighted by Crippen LogP contribution is 2.37. The van der Waals surface area contributed by atoms with E-state index in [9.17, 15) is 0 Å². The number of hydrogen-bond acceptors (Lipinski definition) is 0. The smallest absolute Gasteiger partial charge is 0.0406 e. The summed E-state index contributed by atoms with van der Waals surface area (Å²) in [6, 6.07) is 13.3. The van der Waals surface area contributed by atoms with Crippen LogP contribution in [0.1, 0.15) is 66.8 Å². The minimum atomic E-state index is 0.839. The Morgan fingerprint density at radius 1 is 0.808 bits per heavy atom. The first kappa shape index (κ1) is 18.1. The zero-order valence-corrected chi connectivity index (χ0v) is 16.8. The number of aryl methyl sites for hydroxylation is 1. The van der Waals surface area contributed by atoms with E-state index in [4.69, 9.17) is 11.6 Å². The van der Waals surface area contributed by atoms with Crippen LogP contribution in [0.3, 0.4) is 0 Å². The summed E-state index contributed by atoms with van der Waals surface area (Å²) in [6.45, 7) is 2.33. The van der Waals surface area contributed by atoms with Gasteiger partial charge in [0.1, 0.15) is 0 Å². The first-order valence-electron chi connectivity index (χ1n) is 10.6. The number of hydrogen-bond donors (Lipinski definition) is 0. The van der Waals surface area contributed by atoms with Crippen molar-refractivity contribution in [1.29, 1.82) is 0 Å². The van der Waals surface area contributed by atoms with Gasteiger partial charge in [0.05, 0.1) is 0 Å². The van der Waals surface area contributed by atoms with Gasteiger partial charge < -0.3 is 0 Å². The molecule has 138 valence electrons. The van der Waals surface area contributed by atoms with Crippen molar-refractivity contribution in [2.24, 2.45) is 11.8 Å². The molecule has 0 saturated heterocycles. The molecule has 0 amide bonds. The molecule has 26 heavy (non-hydrogen) atoms. The SMILES string of the molecule is CCCC1CCc2c(ccc3c2CCC(CCc2ccc(Cl)cc2)C3)C1. The second-order valence-electron chi connectivity index (χ2n) is 8.51. The molecule has 0 spiro atoms. The summed E-state index contributed by atoms with van der Waals surface area (Å²) in [5, 5.41) is 0.839. The zero-order chi connectivity index (χ0) is 17.9. The number of fused-ring (bicyclic) bond motifs is 3. The standard InChI is InChI=1S/C25H31Cl/c1-2-3-19-8-14-24-21(16-19)10-11-22-17-20(9-15-25(22)24)5-4-18-6-12-23(26)13-7-18/h6-7,10-13,19-20H,2-5,8-9,14-17H2,1H3. The summed E-state index contributed by atoms with van der Waals surface area (Å²) in [5.74, 6) is 1.77. The van der Waals surface area contributed by atoms with Crippen molar-refractivity contribution in [3.05, 3.63) is 69.2 Å². The van der Waals surface area contributed by atoms with Gasteiger partial charge in [-0.1, -0.05) is 55.6 Å². The van der Waals surface area contributed by atoms with Crippen LogP contribution in [0.2, 0.25) is 5.02 Å². The van der Waals surface area contributed by atoms with Crippen LogP contribution in [-0.2, 0) is 32.1 Å². The van der Waals surface area contributed by atoms with Gasteiger partial charge in [0.15, 0.2) is 0 Å². The van der Waals surface area contributed by atoms with E-state index in [1.807, 2.05) is 12.1 Å². The molecule has 0 nitrogen and oxygen atoms in total. The van der Waals surface area contributed by atoms with Crippen molar-refractivity contribution in [3.63, 3.8) is 0 Å². The molecule has 2 unspecified atom stereocenters. The minimum absolute atomic E-state index is 0.839. The highest BCUT2D eigenvalue weighted by atomic mass is 35.5. The van der Waals surface area contributed by atoms with Crippen molar-refractivity contribution < 1.29 is 0 Å². The molecule has 0 aromatic heterocycles. The van der Waals surface area contributed by atoms with Gasteiger partial charge in [-0.2, -0.15) is 0 Å². The molecule has 0 bridgehead atoms. The fraction of sp³-hybridized carbons (Fsp3) is 0.520. The van der Waals surface area contributed by atoms with Crippen LogP contribution in [0.25, 0.3) is 0 Å². The van der Waals surface area contributed by atoms with Crippen LogP contribution in [-0.4, -0.2) is 0 Å². The molecule has 0 radical (unpaired) electrons. The third-order valence-corrected chi connectivity index (χ3v) is 6.95. The summed E-state index contributed by atoms with van der Waals surface area (Å²) in [7, 11) is 0. The van der Waals surface area contributed by atoms with E-state index in [-0.39, 0.29) is 0 Å². The summed E-state index contributed by atoms with van der Waals surface area (Å²) in [5.41, 5.74) is 8.23. The molecule has 0 N–H and O–H groups in total. The maximum atomic E-state index is 6.00. The van der Waals surface area contributed by atoms with Gasteiger partial charge in [-0.3, -0.25) is 0 Å². The largest absolute Gasteiger partial charge is 0.0843 e. The maximum Gasteiger partial charge on any atom is 0.0406 e. The van der Waals surface area contributed by atoms with Gasteiger partial charge in [0.25, 0.3) is 0 Å². The van der Waals surface area contributed by atoms with Gasteiger partial charge in [0, 0.05) is 5.02 Å². The lowest BCUT2D eigenvalue weighted by Gasteiger charge is -2.32. The Hall–Kier alpha value is -1.27. The lowest BCUT2D eigenvalue weighted by Crippen LogP contribution is -2.21. The van der Waals surface area contributed by atoms with E-state index in [2.05, 4.69) is 31.2 Å². The summed E-state index contributed by atoms with van der Waals surface area (Å²) in [4.78, 5) is 0. The zero-order valence-electron chi connectivity index (χ0n) is 16.1. The van der Waals surface area contributed by atoms with Gasteiger partial charge in [-0.15, -0.1) is 0 Å². The molecule has 2 aromatic carbocycles. The van der Waals surface area contributed by atoms with E-state index in [1.165, 1.54) is 69.8 Å². The summed E-state index contributed by atoms with van der Waals surface area (Å²) >= 11 is 6.00. The third kappa shape index (κ3) is 4.01. The summed E-state index contributed by atoms with van der Waals surface area (Å²) in [6.07, 6.45) is 13.3. The minimum Gasteiger partial charge on any atom is -0.0843 e. The Kier molecular flexibility index (Phi) is 5.69. The van der Waals surface area contributed by atoms with Gasteiger partial charge in [0.2, 0.25) is 0 Å². The normalized spacial score (nSPS) is 21.9. The molecule has 2 aliphatic carbocycles. The Morgan fingerprint density at radius 3 is 1.96 bits per heavy atom. The second kappa shape index (κ2) is 8.17. The topological polar surface area (TPSA) is 0 Å². The first-order valence-corrected chi connectivity index (χ1v) is 11.0. The van der Waals surface area contributed by atoms with Crippen LogP contribution < -0.4 is 0 Å². The predicted octanol–water partition coefficient (Wildman–Crippen LogP) is 6.98. The highest BCUT2D eigenvalue weighted by Gasteiger charge is 2.25. The number of halogens is 1. The number of rotatable bonds is 5. The van der Waals surface area contributed by atoms with Crippen LogP contribution >= 0.6 is 11.6 Å². The van der Waals surface area contributed by atoms with Gasteiger partial charge in [-0.25, -0.2) is 0 Å². The Balaban J connectivity index is 1.41. The molecule has 1 heteroatoms. The second-order valence-corrected chi connectivity index (χ2v) is 8.95. The van der Waals surface area contributed by atoms with Crippen LogP contribution in [0.4, 0.5) is 0 Å². The number of benzene rings is 2. The molecule has 0 fully saturated rings. The van der Waals surface area contributed by atoms with Crippen molar-refractivity contribution in [3.8, 4) is 0 Å². The molecule has 0 saturated carbocycles. The maximum absolute atomic E-state index is 6.00. The van der Waals surface area contributed by atoms with E-state index >= 15 is 0 Å². The van der Waals surface area contributed by atoms with E-state index < -0.39 is 0 Å². The third-order valence-electron chi connectivity index (χ3n) is 6.70. The molecular formula is C25H31Cl. The molecule has 2 aliphatic rings. The molecule has 0 aliphatic heterocycles. The molecule has 0 heterocycles. The predicted molar refractivity (Wildman–Crippen MR) is 112 cm³/mol. The van der Waals surface area contributed by atoms with Gasteiger partial charge >= 0.3 is 0 Å². The monoisotopic (exact) mass is 366 g/mol. The Morgan fingerprint density at radius 2 is 1.38 bits per heavy atom. The fourth-order valence-corrected chi connectivity index (χ4v) is 5.37. The van der Waals surface area contributed by atoms with Crippen molar-refractivity contribution in [2.75, 3.05) is 0 Å².